The molecule has 0 bridgehead atoms. The first-order valence-electron chi connectivity index (χ1n) is 8.89. The second kappa shape index (κ2) is 6.35. The summed E-state index contributed by atoms with van der Waals surface area (Å²) in [6.07, 6.45) is 8.67. The third kappa shape index (κ3) is 2.76. The van der Waals surface area contributed by atoms with Crippen LogP contribution in [0.15, 0.2) is 61.2 Å². The van der Waals surface area contributed by atoms with Gasteiger partial charge in [0.1, 0.15) is 0 Å². The molecule has 0 atom stereocenters. The summed E-state index contributed by atoms with van der Waals surface area (Å²) in [5, 5.41) is 1.30. The van der Waals surface area contributed by atoms with E-state index >= 15 is 0 Å². The number of benzene rings is 1. The van der Waals surface area contributed by atoms with Crippen LogP contribution in [0.1, 0.15) is 16.8 Å². The number of fused-ring (bicyclic) bond motifs is 2. The summed E-state index contributed by atoms with van der Waals surface area (Å²) in [4.78, 5) is 19.3. The fourth-order valence-corrected chi connectivity index (χ4v) is 3.64. The minimum atomic E-state index is 0.778. The zero-order valence-electron chi connectivity index (χ0n) is 14.4. The first kappa shape index (κ1) is 15.2. The molecule has 0 radical (unpaired) electrons. The average molecular weight is 341 g/mol. The van der Waals surface area contributed by atoms with Crippen LogP contribution in [0, 0.1) is 0 Å². The van der Waals surface area contributed by atoms with Gasteiger partial charge < -0.3 is 4.98 Å². The fourth-order valence-electron chi connectivity index (χ4n) is 3.64. The van der Waals surface area contributed by atoms with Gasteiger partial charge in [-0.15, -0.1) is 0 Å². The second-order valence-corrected chi connectivity index (χ2v) is 6.72. The molecule has 3 aromatic heterocycles. The molecule has 128 valence electrons. The minimum Gasteiger partial charge on any atom is -0.361 e. The van der Waals surface area contributed by atoms with Crippen molar-refractivity contribution in [2.24, 2.45) is 0 Å². The summed E-state index contributed by atoms with van der Waals surface area (Å²) in [6, 6.07) is 12.4. The summed E-state index contributed by atoms with van der Waals surface area (Å²) in [7, 11) is 0. The maximum atomic E-state index is 4.84. The van der Waals surface area contributed by atoms with Crippen LogP contribution in [0.5, 0.6) is 0 Å². The molecule has 0 fully saturated rings. The number of aromatic amines is 1. The number of nitrogens with one attached hydrogen (secondary N) is 1. The summed E-state index contributed by atoms with van der Waals surface area (Å²) < 4.78 is 0. The molecule has 5 rings (SSSR count). The highest BCUT2D eigenvalue weighted by Gasteiger charge is 2.20. The van der Waals surface area contributed by atoms with Gasteiger partial charge in [-0.3, -0.25) is 9.88 Å². The third-order valence-corrected chi connectivity index (χ3v) is 5.03. The number of hydrogen-bond donors (Lipinski definition) is 1. The lowest BCUT2D eigenvalue weighted by Crippen LogP contribution is -2.31. The standard InChI is InChI=1S/C21H19N5/c1-2-4-19-18(3-1)17(12-23-19)13-26-10-7-16-11-24-21(25-20(16)14-26)15-5-8-22-9-6-15/h1-6,8-9,11-12,23H,7,10,13-14H2. The lowest BCUT2D eigenvalue weighted by molar-refractivity contribution is 0.242. The van der Waals surface area contributed by atoms with Gasteiger partial charge in [0.05, 0.1) is 5.69 Å². The predicted molar refractivity (Wildman–Crippen MR) is 101 cm³/mol. The van der Waals surface area contributed by atoms with Crippen LogP contribution in [-0.4, -0.2) is 31.4 Å². The Morgan fingerprint density at radius 1 is 1.08 bits per heavy atom. The molecule has 0 saturated heterocycles. The molecule has 26 heavy (non-hydrogen) atoms. The Morgan fingerprint density at radius 3 is 2.88 bits per heavy atom. The highest BCUT2D eigenvalue weighted by atomic mass is 15.1. The summed E-state index contributed by atoms with van der Waals surface area (Å²) in [5.74, 6) is 0.778. The molecular formula is C21H19N5. The number of pyridine rings is 1. The molecule has 0 aliphatic carbocycles. The first-order valence-corrected chi connectivity index (χ1v) is 8.89. The Kier molecular flexibility index (Phi) is 3.72. The lowest BCUT2D eigenvalue weighted by atomic mass is 10.1. The van der Waals surface area contributed by atoms with Gasteiger partial charge in [0.2, 0.25) is 0 Å². The molecule has 5 nitrogen and oxygen atoms in total. The van der Waals surface area contributed by atoms with Crippen molar-refractivity contribution in [1.29, 1.82) is 0 Å². The molecule has 5 heteroatoms. The monoisotopic (exact) mass is 341 g/mol. The van der Waals surface area contributed by atoms with Gasteiger partial charge in [-0.1, -0.05) is 18.2 Å². The maximum absolute atomic E-state index is 4.84. The number of H-pyrrole nitrogens is 1. The quantitative estimate of drug-likeness (QED) is 0.619. The van der Waals surface area contributed by atoms with Crippen molar-refractivity contribution in [1.82, 2.24) is 24.8 Å². The van der Waals surface area contributed by atoms with Crippen molar-refractivity contribution in [3.8, 4) is 11.4 Å². The first-order chi connectivity index (χ1) is 12.9. The van der Waals surface area contributed by atoms with E-state index in [4.69, 9.17) is 4.98 Å². The van der Waals surface area contributed by atoms with Crippen LogP contribution < -0.4 is 0 Å². The molecule has 1 aliphatic rings. The van der Waals surface area contributed by atoms with Gasteiger partial charge in [-0.25, -0.2) is 9.97 Å². The van der Waals surface area contributed by atoms with E-state index < -0.39 is 0 Å². The Labute approximate surface area is 151 Å². The van der Waals surface area contributed by atoms with E-state index in [0.29, 0.717) is 0 Å². The average Bonchev–Trinajstić information content (AvgIpc) is 3.11. The van der Waals surface area contributed by atoms with Crippen molar-refractivity contribution in [3.63, 3.8) is 0 Å². The van der Waals surface area contributed by atoms with Crippen LogP contribution in [0.3, 0.4) is 0 Å². The number of aromatic nitrogens is 4. The molecule has 0 amide bonds. The molecule has 0 spiro atoms. The largest absolute Gasteiger partial charge is 0.361 e. The molecule has 4 heterocycles. The van der Waals surface area contributed by atoms with E-state index in [2.05, 4.69) is 50.3 Å². The normalized spacial score (nSPS) is 14.5. The van der Waals surface area contributed by atoms with Crippen molar-refractivity contribution in [3.05, 3.63) is 78.0 Å². The van der Waals surface area contributed by atoms with Crippen molar-refractivity contribution < 1.29 is 0 Å². The number of hydrogen-bond acceptors (Lipinski definition) is 4. The van der Waals surface area contributed by atoms with Crippen molar-refractivity contribution in [2.45, 2.75) is 19.5 Å². The zero-order chi connectivity index (χ0) is 17.3. The third-order valence-electron chi connectivity index (χ3n) is 5.03. The summed E-state index contributed by atoms with van der Waals surface area (Å²) in [5.41, 5.74) is 5.95. The second-order valence-electron chi connectivity index (χ2n) is 6.72. The Bertz CT molecular complexity index is 1050. The molecule has 0 unspecified atom stereocenters. The minimum absolute atomic E-state index is 0.778. The Hall–Kier alpha value is -3.05. The van der Waals surface area contributed by atoms with E-state index in [1.54, 1.807) is 12.4 Å². The Morgan fingerprint density at radius 2 is 1.96 bits per heavy atom. The van der Waals surface area contributed by atoms with E-state index in [0.717, 1.165) is 43.1 Å². The van der Waals surface area contributed by atoms with Crippen LogP contribution >= 0.6 is 0 Å². The highest BCUT2D eigenvalue weighted by Crippen LogP contribution is 2.24. The van der Waals surface area contributed by atoms with Gasteiger partial charge in [0.25, 0.3) is 0 Å². The molecule has 0 saturated carbocycles. The summed E-state index contributed by atoms with van der Waals surface area (Å²) in [6.45, 7) is 2.82. The Balaban J connectivity index is 1.40. The highest BCUT2D eigenvalue weighted by molar-refractivity contribution is 5.82. The smallest absolute Gasteiger partial charge is 0.159 e. The molecular weight excluding hydrogens is 322 g/mol. The molecule has 1 N–H and O–H groups in total. The summed E-state index contributed by atoms with van der Waals surface area (Å²) >= 11 is 0. The fraction of sp³-hybridized carbons (Fsp3) is 0.190. The predicted octanol–water partition coefficient (Wildman–Crippen LogP) is 3.58. The van der Waals surface area contributed by atoms with Gasteiger partial charge in [-0.2, -0.15) is 0 Å². The van der Waals surface area contributed by atoms with E-state index in [1.807, 2.05) is 18.3 Å². The van der Waals surface area contributed by atoms with Gasteiger partial charge in [0, 0.05) is 60.9 Å². The van der Waals surface area contributed by atoms with Gasteiger partial charge in [0.15, 0.2) is 5.82 Å². The maximum Gasteiger partial charge on any atom is 0.159 e. The van der Waals surface area contributed by atoms with Crippen LogP contribution in [0.4, 0.5) is 0 Å². The molecule has 1 aliphatic heterocycles. The van der Waals surface area contributed by atoms with Crippen molar-refractivity contribution in [2.75, 3.05) is 6.54 Å². The van der Waals surface area contributed by atoms with Gasteiger partial charge >= 0.3 is 0 Å². The van der Waals surface area contributed by atoms with E-state index in [1.165, 1.54) is 22.0 Å². The van der Waals surface area contributed by atoms with Crippen LogP contribution in [0.2, 0.25) is 0 Å². The number of para-hydroxylation sites is 1. The SMILES string of the molecule is c1ccc2c(CN3CCc4cnc(-c5ccncc5)nc4C3)c[nH]c2c1. The topological polar surface area (TPSA) is 57.7 Å². The van der Waals surface area contributed by atoms with E-state index in [-0.39, 0.29) is 0 Å². The molecule has 4 aromatic rings. The van der Waals surface area contributed by atoms with Crippen LogP contribution in [-0.2, 0) is 19.5 Å². The van der Waals surface area contributed by atoms with Crippen molar-refractivity contribution >= 4 is 10.9 Å². The number of rotatable bonds is 3. The lowest BCUT2D eigenvalue weighted by Gasteiger charge is -2.27. The molecule has 1 aromatic carbocycles. The number of nitrogens with zero attached hydrogens (tertiary/aromatic N) is 4. The zero-order valence-corrected chi connectivity index (χ0v) is 14.4. The van der Waals surface area contributed by atoms with Gasteiger partial charge in [-0.05, 0) is 35.7 Å². The van der Waals surface area contributed by atoms with Crippen LogP contribution in [0.25, 0.3) is 22.3 Å². The van der Waals surface area contributed by atoms with E-state index in [9.17, 15) is 0 Å².